The van der Waals surface area contributed by atoms with Crippen molar-refractivity contribution in [1.29, 1.82) is 0 Å². The van der Waals surface area contributed by atoms with E-state index < -0.39 is 0 Å². The molecule has 128 valence electrons. The van der Waals surface area contributed by atoms with Gasteiger partial charge in [0.2, 0.25) is 0 Å². The normalized spacial score (nSPS) is 46.4. The minimum absolute atomic E-state index is 0.361. The molecule has 4 heteroatoms. The summed E-state index contributed by atoms with van der Waals surface area (Å²) in [6.45, 7) is 0. The lowest BCUT2D eigenvalue weighted by atomic mass is 9.78. The van der Waals surface area contributed by atoms with Crippen molar-refractivity contribution in [2.24, 2.45) is 33.8 Å². The molecule has 0 aromatic rings. The quantitative estimate of drug-likeness (QED) is 0.549. The lowest BCUT2D eigenvalue weighted by Gasteiger charge is -2.33. The molecule has 22 heavy (non-hydrogen) atoms. The zero-order valence-corrected chi connectivity index (χ0v) is 14.1. The van der Waals surface area contributed by atoms with Gasteiger partial charge in [0.1, 0.15) is 0 Å². The van der Waals surface area contributed by atoms with Crippen molar-refractivity contribution in [3.8, 4) is 0 Å². The summed E-state index contributed by atoms with van der Waals surface area (Å²) < 4.78 is 0. The van der Waals surface area contributed by atoms with Crippen LogP contribution < -0.4 is 22.9 Å². The summed E-state index contributed by atoms with van der Waals surface area (Å²) >= 11 is 0. The van der Waals surface area contributed by atoms with Crippen LogP contribution in [-0.4, -0.2) is 24.2 Å². The minimum Gasteiger partial charge on any atom is -0.327 e. The molecular weight excluding hydrogens is 272 g/mol. The highest BCUT2D eigenvalue weighted by atomic mass is 14.8. The molecule has 0 heterocycles. The van der Waals surface area contributed by atoms with Crippen LogP contribution in [0.5, 0.6) is 0 Å². The number of hydrogen-bond donors (Lipinski definition) is 4. The van der Waals surface area contributed by atoms with E-state index in [-0.39, 0.29) is 0 Å². The Balaban J connectivity index is 0.000000131. The Kier molecular flexibility index (Phi) is 4.84. The van der Waals surface area contributed by atoms with Gasteiger partial charge in [0.15, 0.2) is 0 Å². The zero-order chi connectivity index (χ0) is 15.8. The van der Waals surface area contributed by atoms with Crippen molar-refractivity contribution >= 4 is 0 Å². The van der Waals surface area contributed by atoms with Crippen LogP contribution >= 0.6 is 0 Å². The predicted octanol–water partition coefficient (Wildman–Crippen LogP) is 1.99. The standard InChI is InChI=1S/2C9H18N2/c2*10-7-3-1-5-9(7)6-2-4-8(9)11/h2*7-8H,1-6,10-11H2/t7-,8+,9?;7-,8-,9?/m.0/s1. The van der Waals surface area contributed by atoms with Gasteiger partial charge in [-0.25, -0.2) is 0 Å². The first-order chi connectivity index (χ1) is 10.5. The van der Waals surface area contributed by atoms with Crippen molar-refractivity contribution in [3.05, 3.63) is 0 Å². The van der Waals surface area contributed by atoms with Gasteiger partial charge < -0.3 is 22.9 Å². The summed E-state index contributed by atoms with van der Waals surface area (Å²) in [4.78, 5) is 0. The highest BCUT2D eigenvalue weighted by Gasteiger charge is 2.48. The second kappa shape index (κ2) is 6.39. The van der Waals surface area contributed by atoms with Gasteiger partial charge in [-0.15, -0.1) is 0 Å². The maximum atomic E-state index is 6.09. The van der Waals surface area contributed by atoms with E-state index in [9.17, 15) is 0 Å². The van der Waals surface area contributed by atoms with Gasteiger partial charge in [0.05, 0.1) is 0 Å². The van der Waals surface area contributed by atoms with E-state index in [1.54, 1.807) is 0 Å². The SMILES string of the molecule is N[C@@H]1CCCC12CCC[C@@H]2N.N[C@H]1CCCC12CCC[C@@H]2N. The number of nitrogens with two attached hydrogens (primary N) is 4. The van der Waals surface area contributed by atoms with Gasteiger partial charge in [0, 0.05) is 35.0 Å². The highest BCUT2D eigenvalue weighted by molar-refractivity contribution is 5.05. The molecule has 0 radical (unpaired) electrons. The Morgan fingerprint density at radius 3 is 0.818 bits per heavy atom. The van der Waals surface area contributed by atoms with Crippen LogP contribution in [0.25, 0.3) is 0 Å². The molecule has 4 aliphatic rings. The maximum absolute atomic E-state index is 6.09. The van der Waals surface area contributed by atoms with Gasteiger partial charge >= 0.3 is 0 Å². The first-order valence-electron chi connectivity index (χ1n) is 9.54. The van der Waals surface area contributed by atoms with Gasteiger partial charge in [0.25, 0.3) is 0 Å². The third kappa shape index (κ3) is 2.62. The Morgan fingerprint density at radius 2 is 0.682 bits per heavy atom. The van der Waals surface area contributed by atoms with Crippen LogP contribution in [0.3, 0.4) is 0 Å². The average Bonchev–Trinajstić information content (AvgIpc) is 3.22. The number of hydrogen-bond acceptors (Lipinski definition) is 4. The molecule has 0 saturated heterocycles. The maximum Gasteiger partial charge on any atom is 0.0110 e. The van der Waals surface area contributed by atoms with Crippen molar-refractivity contribution in [1.82, 2.24) is 0 Å². The van der Waals surface area contributed by atoms with Crippen LogP contribution in [0, 0.1) is 10.8 Å². The molecule has 0 aromatic heterocycles. The smallest absolute Gasteiger partial charge is 0.0110 e. The zero-order valence-electron chi connectivity index (χ0n) is 14.1. The number of rotatable bonds is 0. The van der Waals surface area contributed by atoms with Crippen molar-refractivity contribution in [2.45, 2.75) is 101 Å². The van der Waals surface area contributed by atoms with Crippen molar-refractivity contribution in [3.63, 3.8) is 0 Å². The van der Waals surface area contributed by atoms with E-state index in [1.807, 2.05) is 0 Å². The lowest BCUT2D eigenvalue weighted by molar-refractivity contribution is 0.235. The van der Waals surface area contributed by atoms with E-state index in [1.165, 1.54) is 77.0 Å². The van der Waals surface area contributed by atoms with Gasteiger partial charge in [-0.2, -0.15) is 0 Å². The summed E-state index contributed by atoms with van der Waals surface area (Å²) in [5.41, 5.74) is 25.1. The lowest BCUT2D eigenvalue weighted by Crippen LogP contribution is -2.46. The Labute approximate surface area is 135 Å². The molecule has 8 N–H and O–H groups in total. The second-order valence-corrected chi connectivity index (χ2v) is 8.46. The molecule has 0 bridgehead atoms. The molecule has 4 fully saturated rings. The largest absolute Gasteiger partial charge is 0.327 e. The molecule has 4 rings (SSSR count). The molecule has 4 saturated carbocycles. The molecule has 2 spiro atoms. The molecule has 4 nitrogen and oxygen atoms in total. The molecule has 4 aliphatic carbocycles. The highest BCUT2D eigenvalue weighted by Crippen LogP contribution is 2.49. The molecule has 5 atom stereocenters. The van der Waals surface area contributed by atoms with E-state index in [0.29, 0.717) is 35.0 Å². The fraction of sp³-hybridized carbons (Fsp3) is 1.00. The van der Waals surface area contributed by atoms with E-state index in [4.69, 9.17) is 22.9 Å². The first-order valence-corrected chi connectivity index (χ1v) is 9.54. The van der Waals surface area contributed by atoms with E-state index in [0.717, 1.165) is 0 Å². The average molecular weight is 309 g/mol. The van der Waals surface area contributed by atoms with Crippen molar-refractivity contribution in [2.75, 3.05) is 0 Å². The van der Waals surface area contributed by atoms with Gasteiger partial charge in [-0.1, -0.05) is 25.7 Å². The van der Waals surface area contributed by atoms with Crippen molar-refractivity contribution < 1.29 is 0 Å². The third-order valence-corrected chi connectivity index (χ3v) is 7.58. The summed E-state index contributed by atoms with van der Waals surface area (Å²) in [7, 11) is 0. The second-order valence-electron chi connectivity index (χ2n) is 8.46. The molecule has 0 aromatic carbocycles. The summed E-state index contributed by atoms with van der Waals surface area (Å²) in [5.74, 6) is 0. The first kappa shape index (κ1) is 16.7. The summed E-state index contributed by atoms with van der Waals surface area (Å²) in [6.07, 6.45) is 15.2. The molecule has 1 unspecified atom stereocenters. The fourth-order valence-electron chi connectivity index (χ4n) is 6.04. The minimum atomic E-state index is 0.361. The molecular formula is C18H36N4. The predicted molar refractivity (Wildman–Crippen MR) is 92.2 cm³/mol. The fourth-order valence-corrected chi connectivity index (χ4v) is 6.04. The Hall–Kier alpha value is -0.160. The van der Waals surface area contributed by atoms with Gasteiger partial charge in [-0.05, 0) is 51.4 Å². The van der Waals surface area contributed by atoms with E-state index in [2.05, 4.69) is 0 Å². The third-order valence-electron chi connectivity index (χ3n) is 7.58. The topological polar surface area (TPSA) is 104 Å². The molecule has 0 aliphatic heterocycles. The monoisotopic (exact) mass is 308 g/mol. The van der Waals surface area contributed by atoms with E-state index >= 15 is 0 Å². The Morgan fingerprint density at radius 1 is 0.455 bits per heavy atom. The van der Waals surface area contributed by atoms with Gasteiger partial charge in [-0.3, -0.25) is 0 Å². The van der Waals surface area contributed by atoms with Crippen LogP contribution in [-0.2, 0) is 0 Å². The van der Waals surface area contributed by atoms with Crippen LogP contribution in [0.4, 0.5) is 0 Å². The summed E-state index contributed by atoms with van der Waals surface area (Å²) in [6, 6.07) is 1.61. The molecule has 0 amide bonds. The van der Waals surface area contributed by atoms with Crippen LogP contribution in [0.2, 0.25) is 0 Å². The Bertz CT molecular complexity index is 311. The van der Waals surface area contributed by atoms with Crippen LogP contribution in [0.1, 0.15) is 77.0 Å². The van der Waals surface area contributed by atoms with Crippen LogP contribution in [0.15, 0.2) is 0 Å². The summed E-state index contributed by atoms with van der Waals surface area (Å²) in [5, 5.41) is 0.